The first-order chi connectivity index (χ1) is 19.1. The Hall–Kier alpha value is -3.61. The fraction of sp³-hybridized carbons (Fsp3) is 0.485. The number of carbonyl (C=O) groups excluding carboxylic acids is 2. The second-order valence-corrected chi connectivity index (χ2v) is 11.4. The van der Waals surface area contributed by atoms with Gasteiger partial charge < -0.3 is 14.4 Å². The van der Waals surface area contributed by atoms with Gasteiger partial charge in [-0.1, -0.05) is 34.6 Å². The first-order valence-electron chi connectivity index (χ1n) is 14.3. The lowest BCUT2D eigenvalue weighted by Crippen LogP contribution is -2.42. The number of fused-ring (bicyclic) bond motifs is 1. The number of piperidine rings is 1. The van der Waals surface area contributed by atoms with E-state index in [0.29, 0.717) is 30.3 Å². The number of hydrogen-bond acceptors (Lipinski definition) is 6. The minimum absolute atomic E-state index is 0.0720. The molecular formula is C33H45N3O4. The summed E-state index contributed by atoms with van der Waals surface area (Å²) in [5.74, 6) is 1.60. The van der Waals surface area contributed by atoms with Crippen molar-refractivity contribution in [2.24, 2.45) is 11.3 Å². The van der Waals surface area contributed by atoms with Crippen molar-refractivity contribution in [2.75, 3.05) is 43.7 Å². The van der Waals surface area contributed by atoms with Gasteiger partial charge in [-0.15, -0.1) is 0 Å². The van der Waals surface area contributed by atoms with Crippen LogP contribution in [0.2, 0.25) is 0 Å². The van der Waals surface area contributed by atoms with E-state index in [1.54, 1.807) is 25.4 Å². The number of methoxy groups -OCH3 is 2. The second-order valence-electron chi connectivity index (χ2n) is 11.4. The van der Waals surface area contributed by atoms with Gasteiger partial charge in [-0.2, -0.15) is 0 Å². The number of nitrogens with zero attached hydrogens (tertiary/aromatic N) is 3. The van der Waals surface area contributed by atoms with Crippen molar-refractivity contribution < 1.29 is 19.1 Å². The lowest BCUT2D eigenvalue weighted by molar-refractivity contribution is -0.120. The van der Waals surface area contributed by atoms with Gasteiger partial charge in [0.25, 0.3) is 0 Å². The Bertz CT molecular complexity index is 1310. The summed E-state index contributed by atoms with van der Waals surface area (Å²) in [6.07, 6.45) is 4.11. The number of aryl methyl sites for hydroxylation is 1. The Morgan fingerprint density at radius 2 is 1.73 bits per heavy atom. The predicted molar refractivity (Wildman–Crippen MR) is 164 cm³/mol. The van der Waals surface area contributed by atoms with Gasteiger partial charge in [-0.05, 0) is 84.5 Å². The third-order valence-corrected chi connectivity index (χ3v) is 7.20. The highest BCUT2D eigenvalue weighted by Gasteiger charge is 2.29. The average molecular weight is 548 g/mol. The predicted octanol–water partition coefficient (Wildman–Crippen LogP) is 7.05. The van der Waals surface area contributed by atoms with E-state index >= 15 is 0 Å². The van der Waals surface area contributed by atoms with Crippen LogP contribution in [-0.4, -0.2) is 50.7 Å². The summed E-state index contributed by atoms with van der Waals surface area (Å²) in [5.41, 5.74) is 2.67. The number of carbonyl (C=O) groups is 2. The smallest absolute Gasteiger partial charge is 0.337 e. The molecule has 1 aliphatic rings. The van der Waals surface area contributed by atoms with Crippen molar-refractivity contribution in [3.8, 4) is 5.75 Å². The van der Waals surface area contributed by atoms with Crippen LogP contribution >= 0.6 is 0 Å². The Labute approximate surface area is 239 Å². The van der Waals surface area contributed by atoms with Gasteiger partial charge in [0, 0.05) is 43.3 Å². The topological polar surface area (TPSA) is 72.0 Å². The molecule has 0 radical (unpaired) electrons. The third-order valence-electron chi connectivity index (χ3n) is 7.20. The summed E-state index contributed by atoms with van der Waals surface area (Å²) in [6.45, 7) is 14.8. The van der Waals surface area contributed by atoms with Crippen LogP contribution in [0.15, 0.2) is 48.7 Å². The van der Waals surface area contributed by atoms with Gasteiger partial charge in [-0.3, -0.25) is 9.69 Å². The first-order valence-corrected chi connectivity index (χ1v) is 14.3. The number of esters is 1. The summed E-state index contributed by atoms with van der Waals surface area (Å²) >= 11 is 0. The maximum absolute atomic E-state index is 13.7. The molecule has 216 valence electrons. The van der Waals surface area contributed by atoms with Crippen LogP contribution in [0, 0.1) is 18.3 Å². The normalized spacial score (nSPS) is 13.8. The Morgan fingerprint density at radius 3 is 2.33 bits per heavy atom. The summed E-state index contributed by atoms with van der Waals surface area (Å²) in [4.78, 5) is 34.7. The van der Waals surface area contributed by atoms with Crippen molar-refractivity contribution in [3.05, 3.63) is 59.8 Å². The number of pyridine rings is 1. The zero-order chi connectivity index (χ0) is 29.4. The molecule has 1 aromatic heterocycles. The molecule has 7 nitrogen and oxygen atoms in total. The molecule has 0 saturated carbocycles. The second kappa shape index (κ2) is 13.6. The van der Waals surface area contributed by atoms with E-state index in [4.69, 9.17) is 9.47 Å². The van der Waals surface area contributed by atoms with E-state index in [-0.39, 0.29) is 17.3 Å². The summed E-state index contributed by atoms with van der Waals surface area (Å²) < 4.78 is 10.3. The number of anilines is 2. The van der Waals surface area contributed by atoms with Crippen LogP contribution in [-0.2, 0) is 9.53 Å². The standard InChI is InChI=1S/C31H39N3O4.C2H6/c1-21-17-25(8-10-27(21)37-5)33-15-12-22(13-16-33)20-34(28(35)19-31(2,3)4)29-26-9-7-24(30(36)38-6)18-23(26)11-14-32-29;1-2/h7-11,14,17-18,22H,12-13,15-16,19-20H2,1-6H3;1-2H3. The van der Waals surface area contributed by atoms with Gasteiger partial charge in [0.15, 0.2) is 0 Å². The van der Waals surface area contributed by atoms with Crippen molar-refractivity contribution in [1.29, 1.82) is 0 Å². The molecule has 40 heavy (non-hydrogen) atoms. The van der Waals surface area contributed by atoms with Gasteiger partial charge in [0.1, 0.15) is 11.6 Å². The maximum atomic E-state index is 13.7. The Balaban J connectivity index is 0.00000216. The van der Waals surface area contributed by atoms with Crippen LogP contribution in [0.3, 0.4) is 0 Å². The molecule has 4 rings (SSSR count). The largest absolute Gasteiger partial charge is 0.496 e. The highest BCUT2D eigenvalue weighted by atomic mass is 16.5. The third kappa shape index (κ3) is 7.52. The first kappa shape index (κ1) is 30.9. The molecule has 0 bridgehead atoms. The number of benzene rings is 2. The molecule has 1 fully saturated rings. The van der Waals surface area contributed by atoms with Crippen LogP contribution in [0.25, 0.3) is 10.8 Å². The van der Waals surface area contributed by atoms with Crippen LogP contribution in [0.5, 0.6) is 5.75 Å². The number of aromatic nitrogens is 1. The van der Waals surface area contributed by atoms with Crippen molar-refractivity contribution in [2.45, 2.75) is 60.8 Å². The number of rotatable bonds is 7. The van der Waals surface area contributed by atoms with Crippen molar-refractivity contribution >= 4 is 34.2 Å². The van der Waals surface area contributed by atoms with E-state index < -0.39 is 0 Å². The zero-order valence-corrected chi connectivity index (χ0v) is 25.4. The van der Waals surface area contributed by atoms with Crippen molar-refractivity contribution in [1.82, 2.24) is 4.98 Å². The molecule has 7 heteroatoms. The highest BCUT2D eigenvalue weighted by molar-refractivity contribution is 6.04. The lowest BCUT2D eigenvalue weighted by atomic mass is 9.90. The molecule has 0 N–H and O–H groups in total. The maximum Gasteiger partial charge on any atom is 0.337 e. The molecule has 2 heterocycles. The van der Waals surface area contributed by atoms with Gasteiger partial charge in [0.2, 0.25) is 5.91 Å². The summed E-state index contributed by atoms with van der Waals surface area (Å²) in [5, 5.41) is 1.71. The molecule has 2 aromatic carbocycles. The fourth-order valence-corrected chi connectivity index (χ4v) is 5.17. The minimum atomic E-state index is -0.384. The molecule has 0 unspecified atom stereocenters. The van der Waals surface area contributed by atoms with Gasteiger partial charge in [-0.25, -0.2) is 9.78 Å². The Kier molecular flexibility index (Phi) is 10.5. The van der Waals surface area contributed by atoms with Crippen LogP contribution < -0.4 is 14.5 Å². The van der Waals surface area contributed by atoms with Gasteiger partial charge >= 0.3 is 5.97 Å². The minimum Gasteiger partial charge on any atom is -0.496 e. The molecular weight excluding hydrogens is 502 g/mol. The lowest BCUT2D eigenvalue weighted by Gasteiger charge is -2.36. The number of ether oxygens (including phenoxy) is 2. The molecule has 0 aliphatic carbocycles. The van der Waals surface area contributed by atoms with Crippen LogP contribution in [0.4, 0.5) is 11.5 Å². The zero-order valence-electron chi connectivity index (χ0n) is 25.4. The quantitative estimate of drug-likeness (QED) is 0.295. The highest BCUT2D eigenvalue weighted by Crippen LogP contribution is 2.32. The van der Waals surface area contributed by atoms with Crippen LogP contribution in [0.1, 0.15) is 69.8 Å². The number of amides is 1. The molecule has 1 amide bonds. The molecule has 3 aromatic rings. The molecule has 1 saturated heterocycles. The van der Waals surface area contributed by atoms with E-state index in [1.165, 1.54) is 12.8 Å². The monoisotopic (exact) mass is 547 g/mol. The SMILES string of the molecule is CC.COC(=O)c1ccc2c(N(CC3CCN(c4ccc(OC)c(C)c4)CC3)C(=O)CC(C)(C)C)nccc2c1. The van der Waals surface area contributed by atoms with E-state index in [1.807, 2.05) is 36.9 Å². The number of hydrogen-bond donors (Lipinski definition) is 0. The molecule has 0 atom stereocenters. The van der Waals surface area contributed by atoms with E-state index in [9.17, 15) is 9.59 Å². The molecule has 0 spiro atoms. The van der Waals surface area contributed by atoms with E-state index in [0.717, 1.165) is 48.0 Å². The van der Waals surface area contributed by atoms with E-state index in [2.05, 4.69) is 49.7 Å². The summed E-state index contributed by atoms with van der Waals surface area (Å²) in [6, 6.07) is 13.6. The van der Waals surface area contributed by atoms with Crippen molar-refractivity contribution in [3.63, 3.8) is 0 Å². The van der Waals surface area contributed by atoms with Gasteiger partial charge in [0.05, 0.1) is 19.8 Å². The average Bonchev–Trinajstić information content (AvgIpc) is 2.95. The Morgan fingerprint density at radius 1 is 1.02 bits per heavy atom. The fourth-order valence-electron chi connectivity index (χ4n) is 5.17. The molecule has 1 aliphatic heterocycles. The summed E-state index contributed by atoms with van der Waals surface area (Å²) in [7, 11) is 3.07.